The number of nitro groups is 1. The smallest absolute Gasteiger partial charge is 0.277 e. The van der Waals surface area contributed by atoms with Crippen LogP contribution in [-0.4, -0.2) is 12.0 Å². The van der Waals surface area contributed by atoms with Gasteiger partial charge < -0.3 is 4.74 Å². The molecular weight excluding hydrogens is 346 g/mol. The second-order valence-corrected chi connectivity index (χ2v) is 7.00. The second-order valence-electron chi connectivity index (χ2n) is 6.08. The normalized spacial score (nSPS) is 11.3. The van der Waals surface area contributed by atoms with Gasteiger partial charge in [0, 0.05) is 16.1 Å². The molecule has 0 unspecified atom stereocenters. The minimum atomic E-state index is -0.359. The van der Waals surface area contributed by atoms with Gasteiger partial charge in [0.1, 0.15) is 5.75 Å². The molecule has 2 rings (SSSR count). The molecule has 0 saturated heterocycles. The summed E-state index contributed by atoms with van der Waals surface area (Å²) in [5, 5.41) is 11.4. The predicted octanol–water partition coefficient (Wildman–Crippen LogP) is 5.33. The van der Waals surface area contributed by atoms with Gasteiger partial charge in [0.25, 0.3) is 5.69 Å². The van der Waals surface area contributed by atoms with E-state index in [4.69, 9.17) is 4.74 Å². The Kier molecular flexibility index (Phi) is 4.56. The van der Waals surface area contributed by atoms with E-state index in [9.17, 15) is 10.1 Å². The van der Waals surface area contributed by atoms with Crippen LogP contribution in [0.5, 0.6) is 5.75 Å². The van der Waals surface area contributed by atoms with Gasteiger partial charge in [0.2, 0.25) is 0 Å². The lowest BCUT2D eigenvalue weighted by Crippen LogP contribution is -2.11. The number of methoxy groups -OCH3 is 1. The highest BCUT2D eigenvalue weighted by molar-refractivity contribution is 9.10. The van der Waals surface area contributed by atoms with Crippen LogP contribution in [0, 0.1) is 10.1 Å². The van der Waals surface area contributed by atoms with Crippen LogP contribution in [0.2, 0.25) is 0 Å². The summed E-state index contributed by atoms with van der Waals surface area (Å²) in [6.07, 6.45) is 0. The van der Waals surface area contributed by atoms with E-state index in [1.54, 1.807) is 19.2 Å². The topological polar surface area (TPSA) is 52.4 Å². The van der Waals surface area contributed by atoms with Crippen LogP contribution in [0.1, 0.15) is 26.3 Å². The molecule has 0 aliphatic heterocycles. The lowest BCUT2D eigenvalue weighted by molar-refractivity contribution is -0.384. The van der Waals surface area contributed by atoms with E-state index >= 15 is 0 Å². The zero-order valence-electron chi connectivity index (χ0n) is 13.0. The molecule has 2 aromatic rings. The van der Waals surface area contributed by atoms with Crippen molar-refractivity contribution >= 4 is 21.6 Å². The summed E-state index contributed by atoms with van der Waals surface area (Å²) < 4.78 is 6.22. The molecule has 0 spiro atoms. The molecule has 0 amide bonds. The molecule has 0 fully saturated rings. The largest absolute Gasteiger partial charge is 0.496 e. The molecule has 4 nitrogen and oxygen atoms in total. The van der Waals surface area contributed by atoms with Crippen molar-refractivity contribution in [3.05, 3.63) is 56.5 Å². The molecule has 0 radical (unpaired) electrons. The maximum absolute atomic E-state index is 11.4. The Morgan fingerprint density at radius 1 is 1.09 bits per heavy atom. The zero-order valence-corrected chi connectivity index (χ0v) is 14.6. The highest BCUT2D eigenvalue weighted by Crippen LogP contribution is 2.40. The van der Waals surface area contributed by atoms with E-state index in [0.717, 1.165) is 10.0 Å². The average Bonchev–Trinajstić information content (AvgIpc) is 2.45. The van der Waals surface area contributed by atoms with E-state index in [1.807, 2.05) is 24.3 Å². The number of benzene rings is 2. The van der Waals surface area contributed by atoms with E-state index < -0.39 is 0 Å². The molecule has 22 heavy (non-hydrogen) atoms. The lowest BCUT2D eigenvalue weighted by Gasteiger charge is -2.20. The number of nitro benzene ring substituents is 1. The minimum absolute atomic E-state index is 0.0735. The van der Waals surface area contributed by atoms with Gasteiger partial charge in [0.05, 0.1) is 17.6 Å². The maximum Gasteiger partial charge on any atom is 0.277 e. The number of ether oxygens (including phenoxy) is 1. The summed E-state index contributed by atoms with van der Waals surface area (Å²) in [6, 6.07) is 10.7. The quantitative estimate of drug-likeness (QED) is 0.546. The molecule has 0 saturated carbocycles. The summed E-state index contributed by atoms with van der Waals surface area (Å²) >= 11 is 3.42. The van der Waals surface area contributed by atoms with E-state index in [2.05, 4.69) is 36.7 Å². The minimum Gasteiger partial charge on any atom is -0.496 e. The number of rotatable bonds is 3. The van der Waals surface area contributed by atoms with Crippen LogP contribution >= 0.6 is 15.9 Å². The molecule has 5 heteroatoms. The molecule has 0 bridgehead atoms. The van der Waals surface area contributed by atoms with Crippen molar-refractivity contribution < 1.29 is 9.66 Å². The van der Waals surface area contributed by atoms with Gasteiger partial charge in [-0.2, -0.15) is 0 Å². The molecule has 0 aliphatic rings. The van der Waals surface area contributed by atoms with Crippen molar-refractivity contribution in [2.24, 2.45) is 0 Å². The first-order valence-corrected chi connectivity index (χ1v) is 7.66. The number of hydrogen-bond donors (Lipinski definition) is 0. The highest BCUT2D eigenvalue weighted by Gasteiger charge is 2.23. The molecular formula is C17H18BrNO3. The Labute approximate surface area is 138 Å². The third-order valence-electron chi connectivity index (χ3n) is 3.51. The Bertz CT molecular complexity index is 720. The maximum atomic E-state index is 11.4. The zero-order chi connectivity index (χ0) is 16.5. The monoisotopic (exact) mass is 363 g/mol. The summed E-state index contributed by atoms with van der Waals surface area (Å²) in [5.74, 6) is 0.609. The van der Waals surface area contributed by atoms with Crippen molar-refractivity contribution in [3.8, 4) is 16.9 Å². The number of nitrogens with zero attached hydrogens (tertiary/aromatic N) is 1. The first kappa shape index (κ1) is 16.5. The summed E-state index contributed by atoms with van der Waals surface area (Å²) in [4.78, 5) is 11.0. The van der Waals surface area contributed by atoms with Crippen molar-refractivity contribution in [2.75, 3.05) is 7.11 Å². The molecule has 0 aliphatic carbocycles. The lowest BCUT2D eigenvalue weighted by atomic mass is 9.85. The molecule has 0 atom stereocenters. The third kappa shape index (κ3) is 3.30. The van der Waals surface area contributed by atoms with Crippen molar-refractivity contribution in [3.63, 3.8) is 0 Å². The summed E-state index contributed by atoms with van der Waals surface area (Å²) in [5.41, 5.74) is 2.29. The summed E-state index contributed by atoms with van der Waals surface area (Å²) in [6.45, 7) is 6.24. The van der Waals surface area contributed by atoms with Crippen LogP contribution in [0.4, 0.5) is 5.69 Å². The van der Waals surface area contributed by atoms with Gasteiger partial charge in [-0.1, -0.05) is 42.8 Å². The van der Waals surface area contributed by atoms with Gasteiger partial charge in [-0.05, 0) is 35.2 Å². The van der Waals surface area contributed by atoms with Crippen LogP contribution < -0.4 is 4.74 Å². The van der Waals surface area contributed by atoms with Gasteiger partial charge in [0.15, 0.2) is 0 Å². The first-order chi connectivity index (χ1) is 10.2. The van der Waals surface area contributed by atoms with Gasteiger partial charge in [-0.15, -0.1) is 0 Å². The average molecular weight is 364 g/mol. The van der Waals surface area contributed by atoms with E-state index in [-0.39, 0.29) is 16.0 Å². The molecule has 0 aromatic heterocycles. The van der Waals surface area contributed by atoms with Crippen LogP contribution in [0.15, 0.2) is 40.9 Å². The molecule has 0 heterocycles. The third-order valence-corrected chi connectivity index (χ3v) is 4.00. The van der Waals surface area contributed by atoms with Gasteiger partial charge in [-0.25, -0.2) is 0 Å². The van der Waals surface area contributed by atoms with Crippen molar-refractivity contribution in [2.45, 2.75) is 26.2 Å². The summed E-state index contributed by atoms with van der Waals surface area (Å²) in [7, 11) is 1.56. The van der Waals surface area contributed by atoms with Crippen LogP contribution in [0.25, 0.3) is 11.1 Å². The fourth-order valence-corrected chi connectivity index (χ4v) is 2.63. The van der Waals surface area contributed by atoms with Gasteiger partial charge in [-0.3, -0.25) is 10.1 Å². The van der Waals surface area contributed by atoms with Crippen molar-refractivity contribution in [1.29, 1.82) is 0 Å². The molecule has 116 valence electrons. The Hall–Kier alpha value is -1.88. The Morgan fingerprint density at radius 3 is 2.32 bits per heavy atom. The van der Waals surface area contributed by atoms with Crippen LogP contribution in [-0.2, 0) is 5.41 Å². The Balaban J connectivity index is 2.77. The van der Waals surface area contributed by atoms with Crippen LogP contribution in [0.3, 0.4) is 0 Å². The standard InChI is InChI=1S/C17H18BrNO3/c1-17(2,3)11-5-7-15(19(20)21)13(9-11)14-10-12(18)6-8-16(14)22-4/h5-10H,1-4H3. The fourth-order valence-electron chi connectivity index (χ4n) is 2.27. The number of halogens is 1. The first-order valence-electron chi connectivity index (χ1n) is 6.87. The number of hydrogen-bond acceptors (Lipinski definition) is 3. The Morgan fingerprint density at radius 2 is 1.77 bits per heavy atom. The fraction of sp³-hybridized carbons (Fsp3) is 0.294. The van der Waals surface area contributed by atoms with E-state index in [1.165, 1.54) is 0 Å². The SMILES string of the molecule is COc1ccc(Br)cc1-c1cc(C(C)(C)C)ccc1[N+](=O)[O-]. The molecule has 2 aromatic carbocycles. The second kappa shape index (κ2) is 6.08. The molecule has 0 N–H and O–H groups in total. The highest BCUT2D eigenvalue weighted by atomic mass is 79.9. The van der Waals surface area contributed by atoms with Crippen molar-refractivity contribution in [1.82, 2.24) is 0 Å². The van der Waals surface area contributed by atoms with Gasteiger partial charge >= 0.3 is 0 Å². The van der Waals surface area contributed by atoms with E-state index in [0.29, 0.717) is 16.9 Å². The predicted molar refractivity (Wildman–Crippen MR) is 91.5 cm³/mol.